The number of rotatable bonds is 4. The third-order valence-corrected chi connectivity index (χ3v) is 4.71. The summed E-state index contributed by atoms with van der Waals surface area (Å²) in [5.41, 5.74) is -0.878. The van der Waals surface area contributed by atoms with E-state index in [-0.39, 0.29) is 15.8 Å². The zero-order valence-corrected chi connectivity index (χ0v) is 11.5. The monoisotopic (exact) mass is 299 g/mol. The topological polar surface area (TPSA) is 80.4 Å². The molecule has 0 unspecified atom stereocenters. The first-order valence-corrected chi connectivity index (χ1v) is 7.25. The van der Waals surface area contributed by atoms with Crippen molar-refractivity contribution in [2.24, 2.45) is 0 Å². The summed E-state index contributed by atoms with van der Waals surface area (Å²) in [4.78, 5) is 21.5. The maximum absolute atomic E-state index is 13.5. The van der Waals surface area contributed by atoms with Gasteiger partial charge >= 0.3 is 5.97 Å². The van der Waals surface area contributed by atoms with E-state index in [0.717, 1.165) is 38.2 Å². The fourth-order valence-corrected chi connectivity index (χ4v) is 3.67. The van der Waals surface area contributed by atoms with Gasteiger partial charge in [0, 0.05) is 5.25 Å². The molecule has 0 saturated heterocycles. The second-order valence-electron chi connectivity index (χ2n) is 4.74. The van der Waals surface area contributed by atoms with Gasteiger partial charge in [-0.1, -0.05) is 19.3 Å². The van der Waals surface area contributed by atoms with E-state index >= 15 is 0 Å². The number of carboxylic acid groups (broad SMARTS) is 1. The summed E-state index contributed by atoms with van der Waals surface area (Å²) in [6.45, 7) is 0. The molecule has 0 radical (unpaired) electrons. The van der Waals surface area contributed by atoms with Gasteiger partial charge in [0.15, 0.2) is 0 Å². The van der Waals surface area contributed by atoms with Gasteiger partial charge in [-0.15, -0.1) is 11.8 Å². The van der Waals surface area contributed by atoms with Gasteiger partial charge in [0.05, 0.1) is 21.4 Å². The number of hydrogen-bond acceptors (Lipinski definition) is 4. The molecule has 1 saturated carbocycles. The smallest absolute Gasteiger partial charge is 0.338 e. The van der Waals surface area contributed by atoms with Crippen LogP contribution in [-0.2, 0) is 0 Å². The molecule has 1 aromatic carbocycles. The predicted octanol–water partition coefficient (Wildman–Crippen LogP) is 3.86. The summed E-state index contributed by atoms with van der Waals surface area (Å²) < 4.78 is 13.5. The van der Waals surface area contributed by atoms with E-state index in [1.54, 1.807) is 0 Å². The first-order chi connectivity index (χ1) is 9.49. The predicted molar refractivity (Wildman–Crippen MR) is 72.7 cm³/mol. The molecule has 0 amide bonds. The Morgan fingerprint density at radius 1 is 1.35 bits per heavy atom. The average Bonchev–Trinajstić information content (AvgIpc) is 2.41. The first kappa shape index (κ1) is 14.8. The minimum atomic E-state index is -1.41. The van der Waals surface area contributed by atoms with Gasteiger partial charge in [0.2, 0.25) is 0 Å². The number of nitro groups is 1. The molecular weight excluding hydrogens is 285 g/mol. The second kappa shape index (κ2) is 6.21. The standard InChI is InChI=1S/C13H14FNO4S/c14-10-7-11(15(18)19)12(6-9(10)13(16)17)20-8-4-2-1-3-5-8/h6-8H,1-5H2,(H,16,17). The molecule has 1 aliphatic rings. The van der Waals surface area contributed by atoms with E-state index in [4.69, 9.17) is 5.11 Å². The first-order valence-electron chi connectivity index (χ1n) is 6.37. The Labute approximate surface area is 119 Å². The van der Waals surface area contributed by atoms with Crippen LogP contribution >= 0.6 is 11.8 Å². The lowest BCUT2D eigenvalue weighted by molar-refractivity contribution is -0.387. The van der Waals surface area contributed by atoms with Crippen molar-refractivity contribution < 1.29 is 19.2 Å². The summed E-state index contributed by atoms with van der Waals surface area (Å²) in [6.07, 6.45) is 5.18. The minimum Gasteiger partial charge on any atom is -0.478 e. The maximum Gasteiger partial charge on any atom is 0.338 e. The van der Waals surface area contributed by atoms with Crippen molar-refractivity contribution in [3.63, 3.8) is 0 Å². The fraction of sp³-hybridized carbons (Fsp3) is 0.462. The Morgan fingerprint density at radius 3 is 2.55 bits per heavy atom. The number of carbonyl (C=O) groups is 1. The molecule has 20 heavy (non-hydrogen) atoms. The van der Waals surface area contributed by atoms with Crippen LogP contribution in [0.4, 0.5) is 10.1 Å². The van der Waals surface area contributed by atoms with Crippen molar-refractivity contribution in [1.82, 2.24) is 0 Å². The molecule has 1 aliphatic carbocycles. The van der Waals surface area contributed by atoms with E-state index in [1.165, 1.54) is 11.8 Å². The molecule has 7 heteroatoms. The Morgan fingerprint density at radius 2 is 2.00 bits per heavy atom. The Balaban J connectivity index is 2.34. The van der Waals surface area contributed by atoms with Crippen molar-refractivity contribution >= 4 is 23.4 Å². The number of thioether (sulfide) groups is 1. The summed E-state index contributed by atoms with van der Waals surface area (Å²) in [7, 11) is 0. The molecule has 0 spiro atoms. The molecule has 1 fully saturated rings. The van der Waals surface area contributed by atoms with Gasteiger partial charge in [-0.2, -0.15) is 0 Å². The summed E-state index contributed by atoms with van der Waals surface area (Å²) in [5.74, 6) is -2.49. The number of aromatic carboxylic acids is 1. The van der Waals surface area contributed by atoms with Gasteiger partial charge in [-0.25, -0.2) is 9.18 Å². The Hall–Kier alpha value is -1.63. The summed E-state index contributed by atoms with van der Waals surface area (Å²) in [6, 6.07) is 1.78. The quantitative estimate of drug-likeness (QED) is 0.674. The van der Waals surface area contributed by atoms with Crippen molar-refractivity contribution in [1.29, 1.82) is 0 Å². The van der Waals surface area contributed by atoms with Crippen LogP contribution in [0.15, 0.2) is 17.0 Å². The normalized spacial score (nSPS) is 16.1. The fourth-order valence-electron chi connectivity index (χ4n) is 2.31. The number of nitrogens with zero attached hydrogens (tertiary/aromatic N) is 1. The van der Waals surface area contributed by atoms with Crippen LogP contribution in [0.5, 0.6) is 0 Å². The van der Waals surface area contributed by atoms with Crippen LogP contribution in [0.2, 0.25) is 0 Å². The largest absolute Gasteiger partial charge is 0.478 e. The van der Waals surface area contributed by atoms with Crippen LogP contribution in [0.25, 0.3) is 0 Å². The highest BCUT2D eigenvalue weighted by molar-refractivity contribution is 8.00. The zero-order chi connectivity index (χ0) is 14.7. The SMILES string of the molecule is O=C(O)c1cc(SC2CCCCC2)c([N+](=O)[O-])cc1F. The molecule has 2 rings (SSSR count). The third kappa shape index (κ3) is 3.27. The molecule has 0 heterocycles. The highest BCUT2D eigenvalue weighted by Gasteiger charge is 2.25. The van der Waals surface area contributed by atoms with Crippen LogP contribution in [0, 0.1) is 15.9 Å². The van der Waals surface area contributed by atoms with Gasteiger partial charge in [-0.05, 0) is 18.9 Å². The third-order valence-electron chi connectivity index (χ3n) is 3.32. The van der Waals surface area contributed by atoms with Crippen LogP contribution < -0.4 is 0 Å². The number of halogens is 1. The van der Waals surface area contributed by atoms with Gasteiger partial charge in [0.25, 0.3) is 5.69 Å². The summed E-state index contributed by atoms with van der Waals surface area (Å²) in [5, 5.41) is 20.1. The molecule has 0 bridgehead atoms. The maximum atomic E-state index is 13.5. The molecule has 0 atom stereocenters. The van der Waals surface area contributed by atoms with E-state index in [2.05, 4.69) is 0 Å². The van der Waals surface area contributed by atoms with E-state index in [9.17, 15) is 19.3 Å². The molecule has 0 aliphatic heterocycles. The average molecular weight is 299 g/mol. The highest BCUT2D eigenvalue weighted by Crippen LogP contribution is 2.39. The van der Waals surface area contributed by atoms with Crippen LogP contribution in [0.1, 0.15) is 42.5 Å². The van der Waals surface area contributed by atoms with Crippen LogP contribution in [-0.4, -0.2) is 21.2 Å². The number of benzene rings is 1. The van der Waals surface area contributed by atoms with Gasteiger partial charge < -0.3 is 5.11 Å². The molecular formula is C13H14FNO4S. The summed E-state index contributed by atoms with van der Waals surface area (Å²) >= 11 is 1.29. The molecule has 1 aromatic rings. The van der Waals surface area contributed by atoms with Crippen molar-refractivity contribution in [3.8, 4) is 0 Å². The van der Waals surface area contributed by atoms with Crippen molar-refractivity contribution in [2.75, 3.05) is 0 Å². The zero-order valence-electron chi connectivity index (χ0n) is 10.7. The van der Waals surface area contributed by atoms with E-state index < -0.39 is 22.3 Å². The highest BCUT2D eigenvalue weighted by atomic mass is 32.2. The van der Waals surface area contributed by atoms with Crippen LogP contribution in [0.3, 0.4) is 0 Å². The number of carboxylic acids is 1. The van der Waals surface area contributed by atoms with E-state index in [0.29, 0.717) is 6.07 Å². The molecule has 1 N–H and O–H groups in total. The van der Waals surface area contributed by atoms with Gasteiger partial charge in [0.1, 0.15) is 5.82 Å². The lowest BCUT2D eigenvalue weighted by atomic mass is 10.0. The van der Waals surface area contributed by atoms with E-state index in [1.807, 2.05) is 0 Å². The Bertz CT molecular complexity index is 543. The van der Waals surface area contributed by atoms with Crippen molar-refractivity contribution in [2.45, 2.75) is 42.2 Å². The van der Waals surface area contributed by atoms with Gasteiger partial charge in [-0.3, -0.25) is 10.1 Å². The second-order valence-corrected chi connectivity index (χ2v) is 6.08. The number of nitro benzene ring substituents is 1. The Kier molecular flexibility index (Phi) is 4.59. The molecule has 5 nitrogen and oxygen atoms in total. The molecule has 108 valence electrons. The lowest BCUT2D eigenvalue weighted by Crippen LogP contribution is -2.09. The lowest BCUT2D eigenvalue weighted by Gasteiger charge is -2.20. The minimum absolute atomic E-state index is 0.231. The van der Waals surface area contributed by atoms with Crippen molar-refractivity contribution in [3.05, 3.63) is 33.6 Å². The molecule has 0 aromatic heterocycles. The number of hydrogen-bond donors (Lipinski definition) is 1.